The van der Waals surface area contributed by atoms with E-state index in [4.69, 9.17) is 5.73 Å². The zero-order chi connectivity index (χ0) is 8.43. The van der Waals surface area contributed by atoms with E-state index in [-0.39, 0.29) is 10.2 Å². The van der Waals surface area contributed by atoms with Crippen molar-refractivity contribution in [1.82, 2.24) is 4.73 Å². The largest absolute Gasteiger partial charge is 0.805 e. The Labute approximate surface area is 67.8 Å². The van der Waals surface area contributed by atoms with Gasteiger partial charge >= 0.3 is 0 Å². The molecule has 11 heavy (non-hydrogen) atoms. The maximum absolute atomic E-state index is 10.7. The minimum atomic E-state index is -0.635. The lowest BCUT2D eigenvalue weighted by molar-refractivity contribution is 0.0999. The topological polar surface area (TPSA) is 71.1 Å². The maximum Gasteiger partial charge on any atom is 0.250 e. The van der Waals surface area contributed by atoms with Crippen molar-refractivity contribution in [1.29, 1.82) is 0 Å². The number of carbonyl (C=O) groups excluding carboxylic acids is 1. The van der Waals surface area contributed by atoms with Crippen LogP contribution in [0.4, 0.5) is 0 Å². The van der Waals surface area contributed by atoms with Gasteiger partial charge in [0, 0.05) is 6.20 Å². The molecule has 0 aliphatic heterocycles. The van der Waals surface area contributed by atoms with Crippen LogP contribution in [-0.2, 0) is 0 Å². The molecular formula is C6H5N2O2S-. The zero-order valence-corrected chi connectivity index (χ0v) is 6.30. The Morgan fingerprint density at radius 1 is 1.64 bits per heavy atom. The van der Waals surface area contributed by atoms with Gasteiger partial charge in [0.15, 0.2) is 0 Å². The lowest BCUT2D eigenvalue weighted by atomic mass is 10.3. The third-order valence-corrected chi connectivity index (χ3v) is 1.48. The second-order valence-electron chi connectivity index (χ2n) is 1.95. The van der Waals surface area contributed by atoms with Gasteiger partial charge in [-0.2, -0.15) is 0 Å². The van der Waals surface area contributed by atoms with Crippen LogP contribution >= 0.6 is 12.2 Å². The van der Waals surface area contributed by atoms with E-state index < -0.39 is 5.91 Å². The number of pyridine rings is 1. The van der Waals surface area contributed by atoms with E-state index in [1.807, 2.05) is 0 Å². The molecule has 1 rings (SSSR count). The van der Waals surface area contributed by atoms with Crippen LogP contribution in [-0.4, -0.2) is 10.6 Å². The highest BCUT2D eigenvalue weighted by atomic mass is 32.1. The van der Waals surface area contributed by atoms with Crippen LogP contribution in [0, 0.1) is 9.85 Å². The van der Waals surface area contributed by atoms with Gasteiger partial charge in [0.2, 0.25) is 5.91 Å². The normalized spacial score (nSPS) is 9.45. The van der Waals surface area contributed by atoms with Crippen molar-refractivity contribution in [3.05, 3.63) is 33.7 Å². The van der Waals surface area contributed by atoms with E-state index in [9.17, 15) is 10.0 Å². The number of carbonyl (C=O) groups is 1. The Morgan fingerprint density at radius 2 is 2.27 bits per heavy atom. The number of hydrogen-bond acceptors (Lipinski definition) is 3. The van der Waals surface area contributed by atoms with Crippen molar-refractivity contribution in [2.75, 3.05) is 0 Å². The summed E-state index contributed by atoms with van der Waals surface area (Å²) in [5.41, 5.74) is 5.07. The molecule has 1 amide bonds. The van der Waals surface area contributed by atoms with Crippen molar-refractivity contribution in [3.8, 4) is 0 Å². The van der Waals surface area contributed by atoms with Gasteiger partial charge < -0.3 is 15.7 Å². The van der Waals surface area contributed by atoms with Gasteiger partial charge in [-0.1, -0.05) is 12.2 Å². The SMILES string of the molecule is NC(=O)c1ccc(=S)n([O-])c1. The summed E-state index contributed by atoms with van der Waals surface area (Å²) >= 11 is 4.60. The van der Waals surface area contributed by atoms with Gasteiger partial charge in [0.05, 0.1) is 5.56 Å². The summed E-state index contributed by atoms with van der Waals surface area (Å²) < 4.78 is 0.546. The van der Waals surface area contributed by atoms with Crippen LogP contribution in [0.1, 0.15) is 10.4 Å². The number of rotatable bonds is 1. The third kappa shape index (κ3) is 1.56. The molecule has 0 radical (unpaired) electrons. The lowest BCUT2D eigenvalue weighted by Gasteiger charge is -2.09. The van der Waals surface area contributed by atoms with Gasteiger partial charge in [-0.15, -0.1) is 0 Å². The molecule has 4 nitrogen and oxygen atoms in total. The van der Waals surface area contributed by atoms with E-state index in [0.717, 1.165) is 6.20 Å². The van der Waals surface area contributed by atoms with Gasteiger partial charge in [-0.3, -0.25) is 4.79 Å². The predicted octanol–water partition coefficient (Wildman–Crippen LogP) is 0.662. The number of nitrogens with two attached hydrogens (primary N) is 1. The summed E-state index contributed by atoms with van der Waals surface area (Å²) in [6.07, 6.45) is 1.06. The standard InChI is InChI=1S/C6H5N2O2S/c7-6(9)4-1-2-5(11)8(10)3-4/h1-3H,(H2,7,9)/q-1. The van der Waals surface area contributed by atoms with Crippen molar-refractivity contribution in [3.63, 3.8) is 0 Å². The van der Waals surface area contributed by atoms with Crippen LogP contribution in [0.3, 0.4) is 0 Å². The average molecular weight is 169 g/mol. The molecule has 0 spiro atoms. The van der Waals surface area contributed by atoms with E-state index in [1.54, 1.807) is 0 Å². The summed E-state index contributed by atoms with van der Waals surface area (Å²) in [5.74, 6) is -0.635. The molecule has 0 atom stereocenters. The summed E-state index contributed by atoms with van der Waals surface area (Å²) in [7, 11) is 0. The molecule has 1 aromatic rings. The van der Waals surface area contributed by atoms with Crippen LogP contribution in [0.15, 0.2) is 18.3 Å². The predicted molar refractivity (Wildman–Crippen MR) is 42.5 cm³/mol. The molecule has 2 N–H and O–H groups in total. The number of amides is 1. The number of nitrogens with zero attached hydrogens (tertiary/aromatic N) is 1. The summed E-state index contributed by atoms with van der Waals surface area (Å²) in [6.45, 7) is 0. The minimum absolute atomic E-state index is 0.120. The lowest BCUT2D eigenvalue weighted by Crippen LogP contribution is -2.12. The molecule has 58 valence electrons. The number of aromatic nitrogens is 1. The smallest absolute Gasteiger partial charge is 0.250 e. The van der Waals surface area contributed by atoms with E-state index in [2.05, 4.69) is 12.2 Å². The molecule has 1 aromatic heterocycles. The Balaban J connectivity index is 3.26. The highest BCUT2D eigenvalue weighted by Crippen LogP contribution is 1.98. The average Bonchev–Trinajstić information content (AvgIpc) is 1.94. The summed E-state index contributed by atoms with van der Waals surface area (Å²) in [5, 5.41) is 10.7. The second-order valence-corrected chi connectivity index (χ2v) is 2.36. The Hall–Kier alpha value is -1.36. The van der Waals surface area contributed by atoms with Crippen LogP contribution in [0.2, 0.25) is 0 Å². The molecule has 0 saturated carbocycles. The maximum atomic E-state index is 10.7. The first kappa shape index (κ1) is 7.74. The minimum Gasteiger partial charge on any atom is -0.805 e. The molecule has 0 unspecified atom stereocenters. The highest BCUT2D eigenvalue weighted by Gasteiger charge is 1.96. The van der Waals surface area contributed by atoms with Crippen LogP contribution in [0.5, 0.6) is 0 Å². The monoisotopic (exact) mass is 169 g/mol. The van der Waals surface area contributed by atoms with Gasteiger partial charge in [-0.25, -0.2) is 0 Å². The fourth-order valence-electron chi connectivity index (χ4n) is 0.613. The summed E-state index contributed by atoms with van der Waals surface area (Å²) in [6, 6.07) is 2.78. The molecule has 0 aromatic carbocycles. The van der Waals surface area contributed by atoms with Crippen molar-refractivity contribution >= 4 is 18.1 Å². The first-order chi connectivity index (χ1) is 5.11. The molecule has 0 aliphatic carbocycles. The van der Waals surface area contributed by atoms with E-state index in [0.29, 0.717) is 4.73 Å². The number of primary amides is 1. The zero-order valence-electron chi connectivity index (χ0n) is 5.48. The Kier molecular flexibility index (Phi) is 1.91. The van der Waals surface area contributed by atoms with Crippen LogP contribution < -0.4 is 5.73 Å². The van der Waals surface area contributed by atoms with E-state index in [1.165, 1.54) is 12.1 Å². The van der Waals surface area contributed by atoms with Gasteiger partial charge in [0.25, 0.3) is 0 Å². The summed E-state index contributed by atoms with van der Waals surface area (Å²) in [4.78, 5) is 10.5. The Morgan fingerprint density at radius 3 is 2.73 bits per heavy atom. The van der Waals surface area contributed by atoms with Crippen molar-refractivity contribution in [2.45, 2.75) is 0 Å². The fraction of sp³-hybridized carbons (Fsp3) is 0. The van der Waals surface area contributed by atoms with Crippen molar-refractivity contribution < 1.29 is 4.79 Å². The quantitative estimate of drug-likeness (QED) is 0.628. The molecule has 0 saturated heterocycles. The Bertz CT molecular complexity index is 345. The van der Waals surface area contributed by atoms with Crippen LogP contribution in [0.25, 0.3) is 0 Å². The molecule has 0 fully saturated rings. The van der Waals surface area contributed by atoms with Gasteiger partial charge in [-0.05, 0) is 12.1 Å². The molecule has 1 heterocycles. The third-order valence-electron chi connectivity index (χ3n) is 1.16. The highest BCUT2D eigenvalue weighted by molar-refractivity contribution is 7.71. The fourth-order valence-corrected chi connectivity index (χ4v) is 0.734. The molecule has 0 bridgehead atoms. The number of hydrogen-bond donors (Lipinski definition) is 1. The first-order valence-electron chi connectivity index (χ1n) is 2.81. The first-order valence-corrected chi connectivity index (χ1v) is 3.22. The molecule has 5 heteroatoms. The van der Waals surface area contributed by atoms with Gasteiger partial charge in [0.1, 0.15) is 4.64 Å². The molecule has 0 aliphatic rings. The van der Waals surface area contributed by atoms with E-state index >= 15 is 0 Å². The molecular weight excluding hydrogens is 164 g/mol. The van der Waals surface area contributed by atoms with Crippen molar-refractivity contribution in [2.24, 2.45) is 5.73 Å². The second kappa shape index (κ2) is 2.71.